The van der Waals surface area contributed by atoms with Crippen molar-refractivity contribution in [2.24, 2.45) is 5.73 Å². The molecule has 1 rings (SSSR count). The largest absolute Gasteiger partial charge is 0.478 e. The second-order valence-corrected chi connectivity index (χ2v) is 3.84. The maximum atomic E-state index is 11.0. The van der Waals surface area contributed by atoms with Crippen molar-refractivity contribution in [3.05, 3.63) is 28.7 Å². The van der Waals surface area contributed by atoms with Gasteiger partial charge in [-0.05, 0) is 18.2 Å². The van der Waals surface area contributed by atoms with E-state index >= 15 is 0 Å². The summed E-state index contributed by atoms with van der Waals surface area (Å²) in [5.41, 5.74) is 5.15. The van der Waals surface area contributed by atoms with Gasteiger partial charge in [-0.2, -0.15) is 0 Å². The van der Waals surface area contributed by atoms with Gasteiger partial charge in [-0.25, -0.2) is 0 Å². The zero-order valence-corrected chi connectivity index (χ0v) is 9.86. The summed E-state index contributed by atoms with van der Waals surface area (Å²) in [6, 6.07) is 7.18. The van der Waals surface area contributed by atoms with Crippen molar-refractivity contribution in [1.29, 1.82) is 0 Å². The van der Waals surface area contributed by atoms with E-state index in [4.69, 9.17) is 15.2 Å². The summed E-state index contributed by atoms with van der Waals surface area (Å²) >= 11 is 3.30. The topological polar surface area (TPSA) is 61.6 Å². The number of nitrogens with two attached hydrogens (primary N) is 1. The molecule has 1 aromatic rings. The third-order valence-corrected chi connectivity index (χ3v) is 2.20. The lowest BCUT2D eigenvalue weighted by atomic mass is 10.3. The van der Waals surface area contributed by atoms with Gasteiger partial charge >= 0.3 is 0 Å². The average Bonchev–Trinajstić information content (AvgIpc) is 2.17. The number of hydrogen-bond donors (Lipinski definition) is 1. The molecule has 82 valence electrons. The van der Waals surface area contributed by atoms with Gasteiger partial charge in [-0.1, -0.05) is 22.0 Å². The first kappa shape index (κ1) is 12.0. The van der Waals surface area contributed by atoms with E-state index in [1.54, 1.807) is 12.1 Å². The molecular formula is C10H12BrNO3. The first-order chi connectivity index (χ1) is 7.13. The highest BCUT2D eigenvalue weighted by Gasteiger charge is 2.16. The number of halogens is 1. The molecule has 2 N–H and O–H groups in total. The number of rotatable bonds is 5. The van der Waals surface area contributed by atoms with Gasteiger partial charge in [0, 0.05) is 11.6 Å². The number of ether oxygens (including phenoxy) is 2. The number of hydrogen-bond acceptors (Lipinski definition) is 3. The van der Waals surface area contributed by atoms with Crippen molar-refractivity contribution in [3.8, 4) is 5.75 Å². The van der Waals surface area contributed by atoms with Gasteiger partial charge in [-0.3, -0.25) is 4.79 Å². The van der Waals surface area contributed by atoms with Gasteiger partial charge in [0.05, 0.1) is 6.61 Å². The molecule has 0 heterocycles. The highest BCUT2D eigenvalue weighted by Crippen LogP contribution is 2.18. The Bertz CT molecular complexity index is 343. The van der Waals surface area contributed by atoms with Gasteiger partial charge < -0.3 is 15.2 Å². The number of primary amides is 1. The van der Waals surface area contributed by atoms with Crippen LogP contribution in [-0.2, 0) is 9.53 Å². The van der Waals surface area contributed by atoms with Crippen molar-refractivity contribution in [2.75, 3.05) is 13.7 Å². The Morgan fingerprint density at radius 1 is 1.60 bits per heavy atom. The fourth-order valence-electron chi connectivity index (χ4n) is 1.03. The molecule has 0 saturated carbocycles. The fraction of sp³-hybridized carbons (Fsp3) is 0.300. The zero-order valence-electron chi connectivity index (χ0n) is 8.27. The molecule has 0 bridgehead atoms. The monoisotopic (exact) mass is 273 g/mol. The van der Waals surface area contributed by atoms with Crippen LogP contribution in [0.3, 0.4) is 0 Å². The molecule has 5 heteroatoms. The molecule has 4 nitrogen and oxygen atoms in total. The first-order valence-corrected chi connectivity index (χ1v) is 5.13. The molecule has 1 amide bonds. The minimum absolute atomic E-state index is 0.141. The van der Waals surface area contributed by atoms with Crippen LogP contribution in [0, 0.1) is 0 Å². The van der Waals surface area contributed by atoms with E-state index in [-0.39, 0.29) is 6.61 Å². The summed E-state index contributed by atoms with van der Waals surface area (Å²) in [6.45, 7) is 0.141. The van der Waals surface area contributed by atoms with Gasteiger partial charge in [0.25, 0.3) is 5.91 Å². The second-order valence-electron chi connectivity index (χ2n) is 2.92. The van der Waals surface area contributed by atoms with Crippen LogP contribution < -0.4 is 10.5 Å². The maximum Gasteiger partial charge on any atom is 0.260 e. The molecule has 15 heavy (non-hydrogen) atoms. The summed E-state index contributed by atoms with van der Waals surface area (Å²) in [5.74, 6) is 0.0297. The van der Waals surface area contributed by atoms with Crippen molar-refractivity contribution in [3.63, 3.8) is 0 Å². The van der Waals surface area contributed by atoms with E-state index in [9.17, 15) is 4.79 Å². The SMILES string of the molecule is COCC(Oc1cccc(Br)c1)C(N)=O. The van der Waals surface area contributed by atoms with Crippen LogP contribution in [-0.4, -0.2) is 25.7 Å². The third kappa shape index (κ3) is 3.89. The van der Waals surface area contributed by atoms with Crippen LogP contribution in [0.1, 0.15) is 0 Å². The normalized spacial score (nSPS) is 12.1. The van der Waals surface area contributed by atoms with Gasteiger partial charge in [0.1, 0.15) is 5.75 Å². The molecule has 0 spiro atoms. The van der Waals surface area contributed by atoms with Gasteiger partial charge in [0.15, 0.2) is 6.10 Å². The lowest BCUT2D eigenvalue weighted by Crippen LogP contribution is -2.37. The first-order valence-electron chi connectivity index (χ1n) is 4.34. The Kier molecular flexibility index (Phi) is 4.58. The predicted octanol–water partition coefficient (Wildman–Crippen LogP) is 1.33. The highest BCUT2D eigenvalue weighted by atomic mass is 79.9. The molecule has 0 fully saturated rings. The van der Waals surface area contributed by atoms with Crippen molar-refractivity contribution in [2.45, 2.75) is 6.10 Å². The number of benzene rings is 1. The lowest BCUT2D eigenvalue weighted by molar-refractivity contribution is -0.126. The summed E-state index contributed by atoms with van der Waals surface area (Å²) < 4.78 is 11.1. The van der Waals surface area contributed by atoms with Crippen LogP contribution in [0.15, 0.2) is 28.7 Å². The molecule has 0 aliphatic carbocycles. The minimum atomic E-state index is -0.760. The smallest absolute Gasteiger partial charge is 0.260 e. The number of methoxy groups -OCH3 is 1. The molecular weight excluding hydrogens is 262 g/mol. The summed E-state index contributed by atoms with van der Waals surface area (Å²) in [4.78, 5) is 11.0. The Labute approximate surface area is 96.5 Å². The fourth-order valence-corrected chi connectivity index (χ4v) is 1.41. The molecule has 1 aromatic carbocycles. The van der Waals surface area contributed by atoms with E-state index in [0.29, 0.717) is 5.75 Å². The van der Waals surface area contributed by atoms with E-state index in [1.165, 1.54) is 7.11 Å². The summed E-state index contributed by atoms with van der Waals surface area (Å²) in [7, 11) is 1.49. The van der Waals surface area contributed by atoms with Gasteiger partial charge in [0.2, 0.25) is 0 Å². The Morgan fingerprint density at radius 2 is 2.33 bits per heavy atom. The molecule has 0 aromatic heterocycles. The number of carbonyl (C=O) groups is 1. The quantitative estimate of drug-likeness (QED) is 0.881. The number of amides is 1. The molecule has 0 radical (unpaired) electrons. The van der Waals surface area contributed by atoms with E-state index in [0.717, 1.165) is 4.47 Å². The van der Waals surface area contributed by atoms with Crippen LogP contribution in [0.4, 0.5) is 0 Å². The summed E-state index contributed by atoms with van der Waals surface area (Å²) in [5, 5.41) is 0. The molecule has 1 unspecified atom stereocenters. The van der Waals surface area contributed by atoms with Crippen LogP contribution in [0.2, 0.25) is 0 Å². The van der Waals surface area contributed by atoms with Crippen molar-refractivity contribution < 1.29 is 14.3 Å². The van der Waals surface area contributed by atoms with Crippen molar-refractivity contribution >= 4 is 21.8 Å². The second kappa shape index (κ2) is 5.72. The Morgan fingerprint density at radius 3 is 2.87 bits per heavy atom. The highest BCUT2D eigenvalue weighted by molar-refractivity contribution is 9.10. The summed E-state index contributed by atoms with van der Waals surface area (Å²) in [6.07, 6.45) is -0.760. The number of carbonyl (C=O) groups excluding carboxylic acids is 1. The van der Waals surface area contributed by atoms with Crippen molar-refractivity contribution in [1.82, 2.24) is 0 Å². The molecule has 0 aliphatic heterocycles. The maximum absolute atomic E-state index is 11.0. The van der Waals surface area contributed by atoms with Crippen LogP contribution in [0.5, 0.6) is 5.75 Å². The van der Waals surface area contributed by atoms with E-state index in [1.807, 2.05) is 12.1 Å². The van der Waals surface area contributed by atoms with Crippen LogP contribution >= 0.6 is 15.9 Å². The molecule has 0 saturated heterocycles. The minimum Gasteiger partial charge on any atom is -0.478 e. The zero-order chi connectivity index (χ0) is 11.3. The van der Waals surface area contributed by atoms with Crippen LogP contribution in [0.25, 0.3) is 0 Å². The van der Waals surface area contributed by atoms with Gasteiger partial charge in [-0.15, -0.1) is 0 Å². The Balaban J connectivity index is 2.69. The average molecular weight is 274 g/mol. The van der Waals surface area contributed by atoms with E-state index in [2.05, 4.69) is 15.9 Å². The lowest BCUT2D eigenvalue weighted by Gasteiger charge is -2.14. The molecule has 0 aliphatic rings. The third-order valence-electron chi connectivity index (χ3n) is 1.71. The Hall–Kier alpha value is -1.07. The van der Waals surface area contributed by atoms with E-state index < -0.39 is 12.0 Å². The predicted molar refractivity (Wildman–Crippen MR) is 59.6 cm³/mol. The standard InChI is InChI=1S/C10H12BrNO3/c1-14-6-9(10(12)13)15-8-4-2-3-7(11)5-8/h2-5,9H,6H2,1H3,(H2,12,13). The molecule has 1 atom stereocenters.